The van der Waals surface area contributed by atoms with Crippen LogP contribution in [0.5, 0.6) is 5.75 Å². The first-order chi connectivity index (χ1) is 7.03. The molecular formula is C14H20O. The van der Waals surface area contributed by atoms with Gasteiger partial charge in [-0.1, -0.05) is 39.8 Å². The van der Waals surface area contributed by atoms with Crippen LogP contribution in [0.2, 0.25) is 0 Å². The van der Waals surface area contributed by atoms with E-state index in [4.69, 9.17) is 4.74 Å². The van der Waals surface area contributed by atoms with Gasteiger partial charge in [0.15, 0.2) is 0 Å². The van der Waals surface area contributed by atoms with Gasteiger partial charge in [0.1, 0.15) is 5.75 Å². The normalized spacial score (nSPS) is 15.3. The number of fused-ring (bicyclic) bond motifs is 1. The largest absolute Gasteiger partial charge is 0.493 e. The lowest BCUT2D eigenvalue weighted by molar-refractivity contribution is 0.356. The van der Waals surface area contributed by atoms with E-state index in [1.807, 2.05) is 0 Å². The molecule has 1 aromatic carbocycles. The molecule has 0 atom stereocenters. The van der Waals surface area contributed by atoms with Crippen LogP contribution in [0.25, 0.3) is 0 Å². The number of ether oxygens (including phenoxy) is 1. The Morgan fingerprint density at radius 1 is 1.27 bits per heavy atom. The molecule has 0 radical (unpaired) electrons. The molecule has 0 N–H and O–H groups in total. The quantitative estimate of drug-likeness (QED) is 0.715. The fraction of sp³-hybridized carbons (Fsp3) is 0.571. The summed E-state index contributed by atoms with van der Waals surface area (Å²) in [5, 5.41) is 0. The maximum absolute atomic E-state index is 5.61. The molecule has 15 heavy (non-hydrogen) atoms. The van der Waals surface area contributed by atoms with Crippen LogP contribution >= 0.6 is 0 Å². The van der Waals surface area contributed by atoms with Crippen LogP contribution in [0.15, 0.2) is 18.2 Å². The third kappa shape index (κ3) is 1.64. The Morgan fingerprint density at radius 2 is 2.00 bits per heavy atom. The van der Waals surface area contributed by atoms with E-state index < -0.39 is 0 Å². The molecule has 0 saturated carbocycles. The molecule has 1 aliphatic rings. The summed E-state index contributed by atoms with van der Waals surface area (Å²) in [6.07, 6.45) is 1.07. The molecule has 0 spiro atoms. The maximum Gasteiger partial charge on any atom is 0.122 e. The smallest absolute Gasteiger partial charge is 0.122 e. The molecule has 0 amide bonds. The van der Waals surface area contributed by atoms with Crippen molar-refractivity contribution in [1.29, 1.82) is 0 Å². The van der Waals surface area contributed by atoms with Gasteiger partial charge < -0.3 is 4.74 Å². The van der Waals surface area contributed by atoms with Crippen molar-refractivity contribution in [3.63, 3.8) is 0 Å². The molecule has 1 aliphatic heterocycles. The van der Waals surface area contributed by atoms with Gasteiger partial charge in [0.2, 0.25) is 0 Å². The van der Waals surface area contributed by atoms with Crippen molar-refractivity contribution in [2.75, 3.05) is 6.61 Å². The fourth-order valence-electron chi connectivity index (χ4n) is 2.14. The average Bonchev–Trinajstić information content (AvgIpc) is 2.64. The summed E-state index contributed by atoms with van der Waals surface area (Å²) in [6, 6.07) is 6.46. The minimum atomic E-state index is 0.235. The zero-order valence-electron chi connectivity index (χ0n) is 10.1. The highest BCUT2D eigenvalue weighted by atomic mass is 16.5. The minimum Gasteiger partial charge on any atom is -0.493 e. The third-order valence-corrected chi connectivity index (χ3v) is 3.88. The van der Waals surface area contributed by atoms with Crippen molar-refractivity contribution in [3.05, 3.63) is 29.3 Å². The Kier molecular flexibility index (Phi) is 2.49. The van der Waals surface area contributed by atoms with Crippen LogP contribution in [0.3, 0.4) is 0 Å². The van der Waals surface area contributed by atoms with E-state index in [0.717, 1.165) is 18.8 Å². The molecule has 1 heteroatoms. The van der Waals surface area contributed by atoms with Gasteiger partial charge in [-0.15, -0.1) is 0 Å². The van der Waals surface area contributed by atoms with Crippen molar-refractivity contribution in [3.8, 4) is 5.75 Å². The summed E-state index contributed by atoms with van der Waals surface area (Å²) >= 11 is 0. The second kappa shape index (κ2) is 3.55. The lowest BCUT2D eigenvalue weighted by Crippen LogP contribution is -2.25. The molecule has 1 heterocycles. The second-order valence-corrected chi connectivity index (χ2v) is 5.26. The highest BCUT2D eigenvalue weighted by Gasteiger charge is 2.29. The van der Waals surface area contributed by atoms with E-state index in [-0.39, 0.29) is 5.41 Å². The highest BCUT2D eigenvalue weighted by Crippen LogP contribution is 2.39. The van der Waals surface area contributed by atoms with Crippen LogP contribution in [-0.2, 0) is 11.8 Å². The van der Waals surface area contributed by atoms with Crippen LogP contribution in [0, 0.1) is 5.92 Å². The van der Waals surface area contributed by atoms with Crippen LogP contribution < -0.4 is 4.74 Å². The Hall–Kier alpha value is -0.980. The summed E-state index contributed by atoms with van der Waals surface area (Å²) in [5.74, 6) is 1.74. The lowest BCUT2D eigenvalue weighted by atomic mass is 9.73. The van der Waals surface area contributed by atoms with E-state index >= 15 is 0 Å². The summed E-state index contributed by atoms with van der Waals surface area (Å²) in [6.45, 7) is 10.1. The van der Waals surface area contributed by atoms with Gasteiger partial charge in [-0.25, -0.2) is 0 Å². The van der Waals surface area contributed by atoms with E-state index in [2.05, 4.69) is 45.9 Å². The first-order valence-electron chi connectivity index (χ1n) is 5.78. The lowest BCUT2D eigenvalue weighted by Gasteiger charge is -2.31. The van der Waals surface area contributed by atoms with Gasteiger partial charge in [0, 0.05) is 12.0 Å². The first-order valence-corrected chi connectivity index (χ1v) is 5.78. The number of rotatable bonds is 2. The Morgan fingerprint density at radius 3 is 2.67 bits per heavy atom. The molecule has 2 rings (SSSR count). The van der Waals surface area contributed by atoms with Crippen molar-refractivity contribution < 1.29 is 4.74 Å². The molecule has 0 aromatic heterocycles. The van der Waals surface area contributed by atoms with Gasteiger partial charge in [-0.2, -0.15) is 0 Å². The maximum atomic E-state index is 5.61. The van der Waals surface area contributed by atoms with Crippen molar-refractivity contribution in [2.45, 2.75) is 39.5 Å². The monoisotopic (exact) mass is 204 g/mol. The molecule has 1 nitrogen and oxygen atoms in total. The molecule has 0 unspecified atom stereocenters. The SMILES string of the molecule is CC(C)C(C)(C)c1cccc2c1CCO2. The summed E-state index contributed by atoms with van der Waals surface area (Å²) in [7, 11) is 0. The topological polar surface area (TPSA) is 9.23 Å². The summed E-state index contributed by atoms with van der Waals surface area (Å²) in [5.41, 5.74) is 3.13. The van der Waals surface area contributed by atoms with Crippen molar-refractivity contribution in [1.82, 2.24) is 0 Å². The van der Waals surface area contributed by atoms with Crippen molar-refractivity contribution in [2.24, 2.45) is 5.92 Å². The number of benzene rings is 1. The Labute approximate surface area is 92.5 Å². The van der Waals surface area contributed by atoms with Crippen LogP contribution in [0.4, 0.5) is 0 Å². The predicted octanol–water partition coefficient (Wildman–Crippen LogP) is 3.56. The summed E-state index contributed by atoms with van der Waals surface area (Å²) < 4.78 is 5.61. The van der Waals surface area contributed by atoms with E-state index in [0.29, 0.717) is 5.92 Å². The first kappa shape index (κ1) is 10.5. The van der Waals surface area contributed by atoms with E-state index in [1.165, 1.54) is 11.1 Å². The summed E-state index contributed by atoms with van der Waals surface area (Å²) in [4.78, 5) is 0. The van der Waals surface area contributed by atoms with Crippen LogP contribution in [0.1, 0.15) is 38.8 Å². The Balaban J connectivity index is 2.49. The van der Waals surface area contributed by atoms with E-state index in [1.54, 1.807) is 0 Å². The second-order valence-electron chi connectivity index (χ2n) is 5.26. The average molecular weight is 204 g/mol. The number of hydrogen-bond acceptors (Lipinski definition) is 1. The van der Waals surface area contributed by atoms with E-state index in [9.17, 15) is 0 Å². The molecule has 0 bridgehead atoms. The van der Waals surface area contributed by atoms with Gasteiger partial charge in [-0.3, -0.25) is 0 Å². The van der Waals surface area contributed by atoms with Gasteiger partial charge in [-0.05, 0) is 23.0 Å². The standard InChI is InChI=1S/C14H20O/c1-10(2)14(3,4)12-6-5-7-13-11(12)8-9-15-13/h5-7,10H,8-9H2,1-4H3. The number of hydrogen-bond donors (Lipinski definition) is 0. The molecule has 0 saturated heterocycles. The molecule has 1 aromatic rings. The molecule has 0 fully saturated rings. The van der Waals surface area contributed by atoms with Gasteiger partial charge >= 0.3 is 0 Å². The zero-order chi connectivity index (χ0) is 11.1. The fourth-order valence-corrected chi connectivity index (χ4v) is 2.14. The molecule has 0 aliphatic carbocycles. The third-order valence-electron chi connectivity index (χ3n) is 3.88. The highest BCUT2D eigenvalue weighted by molar-refractivity contribution is 5.46. The van der Waals surface area contributed by atoms with Gasteiger partial charge in [0.25, 0.3) is 0 Å². The van der Waals surface area contributed by atoms with Gasteiger partial charge in [0.05, 0.1) is 6.61 Å². The van der Waals surface area contributed by atoms with Crippen LogP contribution in [-0.4, -0.2) is 6.61 Å². The predicted molar refractivity (Wildman–Crippen MR) is 63.5 cm³/mol. The van der Waals surface area contributed by atoms with Crippen molar-refractivity contribution >= 4 is 0 Å². The molecule has 82 valence electrons. The minimum absolute atomic E-state index is 0.235. The Bertz CT molecular complexity index is 364. The molecular weight excluding hydrogens is 184 g/mol. The zero-order valence-corrected chi connectivity index (χ0v) is 10.1.